The van der Waals surface area contributed by atoms with Crippen LogP contribution in [0, 0.1) is 11.3 Å². The van der Waals surface area contributed by atoms with Crippen LogP contribution in [0.4, 0.5) is 5.69 Å². The molecule has 2 atom stereocenters. The maximum Gasteiger partial charge on any atom is 0.305 e. The van der Waals surface area contributed by atoms with Crippen molar-refractivity contribution in [3.8, 4) is 6.07 Å². The molecule has 7 heteroatoms. The van der Waals surface area contributed by atoms with E-state index in [0.29, 0.717) is 18.4 Å². The van der Waals surface area contributed by atoms with E-state index in [1.807, 2.05) is 36.4 Å². The number of unbranched alkanes of at least 4 members (excludes halogenated alkanes) is 1. The highest BCUT2D eigenvalue weighted by atomic mass is 16.7. The number of rotatable bonds is 9. The Labute approximate surface area is 182 Å². The van der Waals surface area contributed by atoms with Gasteiger partial charge in [0.2, 0.25) is 5.91 Å². The zero-order chi connectivity index (χ0) is 22.1. The summed E-state index contributed by atoms with van der Waals surface area (Å²) < 4.78 is 4.65. The van der Waals surface area contributed by atoms with E-state index >= 15 is 0 Å². The van der Waals surface area contributed by atoms with Gasteiger partial charge in [0.25, 0.3) is 0 Å². The third-order valence-electron chi connectivity index (χ3n) is 5.27. The molecule has 3 rings (SSSR count). The van der Waals surface area contributed by atoms with Crippen LogP contribution in [-0.4, -0.2) is 25.1 Å². The summed E-state index contributed by atoms with van der Waals surface area (Å²) in [6.45, 7) is 0. The molecule has 0 unspecified atom stereocenters. The minimum atomic E-state index is -0.220. The number of nitriles is 1. The SMILES string of the molecule is COC(=O)CCCCc1cccc(NC(=O)C[C@H]2C[C@@H](c3ccc(C#N)cc3)NO2)c1. The zero-order valence-corrected chi connectivity index (χ0v) is 17.6. The lowest BCUT2D eigenvalue weighted by atomic mass is 10.00. The molecule has 2 aromatic rings. The molecule has 1 saturated heterocycles. The Bertz CT molecular complexity index is 937. The van der Waals surface area contributed by atoms with E-state index in [-0.39, 0.29) is 30.4 Å². The van der Waals surface area contributed by atoms with Crippen molar-refractivity contribution in [2.75, 3.05) is 12.4 Å². The van der Waals surface area contributed by atoms with Gasteiger partial charge in [-0.3, -0.25) is 14.4 Å². The van der Waals surface area contributed by atoms with Crippen LogP contribution in [0.5, 0.6) is 0 Å². The van der Waals surface area contributed by atoms with E-state index in [4.69, 9.17) is 10.1 Å². The molecule has 1 aliphatic heterocycles. The van der Waals surface area contributed by atoms with E-state index in [0.717, 1.165) is 36.1 Å². The number of esters is 1. The lowest BCUT2D eigenvalue weighted by molar-refractivity contribution is -0.140. The number of hydrogen-bond acceptors (Lipinski definition) is 6. The molecule has 0 aromatic heterocycles. The van der Waals surface area contributed by atoms with Crippen LogP contribution in [0.3, 0.4) is 0 Å². The van der Waals surface area contributed by atoms with Gasteiger partial charge in [-0.2, -0.15) is 10.7 Å². The Morgan fingerprint density at radius 3 is 2.77 bits per heavy atom. The van der Waals surface area contributed by atoms with Crippen molar-refractivity contribution < 1.29 is 19.2 Å². The topological polar surface area (TPSA) is 100 Å². The summed E-state index contributed by atoms with van der Waals surface area (Å²) in [6, 6.07) is 17.2. The molecule has 1 aliphatic rings. The molecule has 0 radical (unpaired) electrons. The number of methoxy groups -OCH3 is 1. The Morgan fingerprint density at radius 1 is 1.23 bits per heavy atom. The molecule has 31 heavy (non-hydrogen) atoms. The lowest BCUT2D eigenvalue weighted by Crippen LogP contribution is -2.20. The van der Waals surface area contributed by atoms with Gasteiger partial charge >= 0.3 is 5.97 Å². The number of hydrogen-bond donors (Lipinski definition) is 2. The van der Waals surface area contributed by atoms with Gasteiger partial charge in [-0.25, -0.2) is 0 Å². The van der Waals surface area contributed by atoms with Crippen LogP contribution in [-0.2, 0) is 25.6 Å². The second kappa shape index (κ2) is 11.3. The Kier molecular flexibility index (Phi) is 8.16. The normalized spacial score (nSPS) is 17.7. The summed E-state index contributed by atoms with van der Waals surface area (Å²) in [5.41, 5.74) is 6.50. The number of carbonyl (C=O) groups excluding carboxylic acids is 2. The summed E-state index contributed by atoms with van der Waals surface area (Å²) in [4.78, 5) is 29.2. The predicted octanol–water partition coefficient (Wildman–Crippen LogP) is 3.81. The molecule has 7 nitrogen and oxygen atoms in total. The first-order valence-corrected chi connectivity index (χ1v) is 10.4. The fraction of sp³-hybridized carbons (Fsp3) is 0.375. The van der Waals surface area contributed by atoms with Crippen LogP contribution < -0.4 is 10.8 Å². The summed E-state index contributed by atoms with van der Waals surface area (Å²) in [6.07, 6.45) is 3.62. The number of aryl methyl sites for hydroxylation is 1. The Hall–Kier alpha value is -3.21. The van der Waals surface area contributed by atoms with Crippen molar-refractivity contribution in [3.05, 3.63) is 65.2 Å². The summed E-state index contributed by atoms with van der Waals surface area (Å²) >= 11 is 0. The second-order valence-corrected chi connectivity index (χ2v) is 7.62. The number of carbonyl (C=O) groups is 2. The molecule has 1 amide bonds. The van der Waals surface area contributed by atoms with Crippen molar-refractivity contribution in [3.63, 3.8) is 0 Å². The van der Waals surface area contributed by atoms with Gasteiger partial charge in [0.15, 0.2) is 0 Å². The van der Waals surface area contributed by atoms with E-state index in [9.17, 15) is 9.59 Å². The smallest absolute Gasteiger partial charge is 0.305 e. The van der Waals surface area contributed by atoms with E-state index < -0.39 is 0 Å². The van der Waals surface area contributed by atoms with Crippen molar-refractivity contribution in [1.82, 2.24) is 5.48 Å². The average Bonchev–Trinajstić information content (AvgIpc) is 3.25. The summed E-state index contributed by atoms with van der Waals surface area (Å²) in [7, 11) is 1.40. The third-order valence-corrected chi connectivity index (χ3v) is 5.27. The first kappa shape index (κ1) is 22.5. The van der Waals surface area contributed by atoms with Gasteiger partial charge in [0.05, 0.1) is 37.3 Å². The minimum Gasteiger partial charge on any atom is -0.469 e. The number of ether oxygens (including phenoxy) is 1. The van der Waals surface area contributed by atoms with Gasteiger partial charge in [0, 0.05) is 12.1 Å². The standard InChI is InChI=1S/C24H27N3O4/c1-30-24(29)8-3-2-5-17-6-4-7-20(13-17)26-23(28)15-21-14-22(27-31-21)19-11-9-18(16-25)10-12-19/h4,6-7,9-13,21-22,27H,2-3,5,8,14-15H2,1H3,(H,26,28)/t21-,22+/m1/s1. The third kappa shape index (κ3) is 6.92. The molecule has 0 saturated carbocycles. The van der Waals surface area contributed by atoms with Crippen LogP contribution >= 0.6 is 0 Å². The van der Waals surface area contributed by atoms with Gasteiger partial charge < -0.3 is 10.1 Å². The van der Waals surface area contributed by atoms with Crippen LogP contribution in [0.25, 0.3) is 0 Å². The number of anilines is 1. The van der Waals surface area contributed by atoms with E-state index in [2.05, 4.69) is 21.6 Å². The maximum atomic E-state index is 12.5. The minimum absolute atomic E-state index is 0.00105. The lowest BCUT2D eigenvalue weighted by Gasteiger charge is -2.10. The van der Waals surface area contributed by atoms with Crippen LogP contribution in [0.1, 0.15) is 54.8 Å². The Balaban J connectivity index is 1.44. The van der Waals surface area contributed by atoms with E-state index in [1.54, 1.807) is 12.1 Å². The second-order valence-electron chi connectivity index (χ2n) is 7.62. The van der Waals surface area contributed by atoms with Crippen molar-refractivity contribution in [2.24, 2.45) is 0 Å². The highest BCUT2D eigenvalue weighted by Gasteiger charge is 2.28. The molecule has 1 fully saturated rings. The molecule has 0 bridgehead atoms. The molecule has 162 valence electrons. The average molecular weight is 421 g/mol. The van der Waals surface area contributed by atoms with Crippen LogP contribution in [0.15, 0.2) is 48.5 Å². The number of nitrogens with one attached hydrogen (secondary N) is 2. The molecule has 1 heterocycles. The first-order chi connectivity index (χ1) is 15.1. The van der Waals surface area contributed by atoms with Gasteiger partial charge in [-0.1, -0.05) is 24.3 Å². The molecular weight excluding hydrogens is 394 g/mol. The van der Waals surface area contributed by atoms with Gasteiger partial charge in [0.1, 0.15) is 0 Å². The molecule has 0 aliphatic carbocycles. The van der Waals surface area contributed by atoms with Crippen molar-refractivity contribution in [2.45, 2.75) is 50.7 Å². The maximum absolute atomic E-state index is 12.5. The highest BCUT2D eigenvalue weighted by Crippen LogP contribution is 2.27. The molecule has 2 aromatic carbocycles. The van der Waals surface area contributed by atoms with Crippen molar-refractivity contribution in [1.29, 1.82) is 5.26 Å². The fourth-order valence-electron chi connectivity index (χ4n) is 3.58. The van der Waals surface area contributed by atoms with Crippen LogP contribution in [0.2, 0.25) is 0 Å². The van der Waals surface area contributed by atoms with E-state index in [1.165, 1.54) is 7.11 Å². The first-order valence-electron chi connectivity index (χ1n) is 10.4. The summed E-state index contributed by atoms with van der Waals surface area (Å²) in [5, 5.41) is 11.8. The number of nitrogens with zero attached hydrogens (tertiary/aromatic N) is 1. The highest BCUT2D eigenvalue weighted by molar-refractivity contribution is 5.91. The van der Waals surface area contributed by atoms with Gasteiger partial charge in [-0.15, -0.1) is 0 Å². The molecule has 2 N–H and O–H groups in total. The monoisotopic (exact) mass is 421 g/mol. The fourth-order valence-corrected chi connectivity index (χ4v) is 3.58. The number of hydroxylamine groups is 1. The predicted molar refractivity (Wildman–Crippen MR) is 116 cm³/mol. The quantitative estimate of drug-likeness (QED) is 0.472. The number of benzene rings is 2. The molecule has 0 spiro atoms. The Morgan fingerprint density at radius 2 is 2.03 bits per heavy atom. The zero-order valence-electron chi connectivity index (χ0n) is 17.6. The molecular formula is C24H27N3O4. The largest absolute Gasteiger partial charge is 0.469 e. The van der Waals surface area contributed by atoms with Gasteiger partial charge in [-0.05, 0) is 61.1 Å². The summed E-state index contributed by atoms with van der Waals surface area (Å²) in [5.74, 6) is -0.291. The number of amides is 1. The van der Waals surface area contributed by atoms with Crippen molar-refractivity contribution >= 4 is 17.6 Å².